The first kappa shape index (κ1) is 12.5. The zero-order chi connectivity index (χ0) is 13.8. The number of hydrogen-bond donors (Lipinski definition) is 2. The summed E-state index contributed by atoms with van der Waals surface area (Å²) in [5.41, 5.74) is 0.673. The van der Waals surface area contributed by atoms with E-state index in [4.69, 9.17) is 10.4 Å². The van der Waals surface area contributed by atoms with Crippen LogP contribution in [0.5, 0.6) is 0 Å². The third kappa shape index (κ3) is 2.66. The number of nitriles is 1. The molecule has 0 spiro atoms. The summed E-state index contributed by atoms with van der Waals surface area (Å²) < 4.78 is 13.0. The van der Waals surface area contributed by atoms with E-state index in [2.05, 4.69) is 10.3 Å². The van der Waals surface area contributed by atoms with Crippen LogP contribution < -0.4 is 5.32 Å². The van der Waals surface area contributed by atoms with Gasteiger partial charge in [0.15, 0.2) is 0 Å². The van der Waals surface area contributed by atoms with Crippen molar-refractivity contribution in [2.24, 2.45) is 0 Å². The Bertz CT molecular complexity index is 680. The van der Waals surface area contributed by atoms with Crippen LogP contribution in [0.2, 0.25) is 0 Å². The van der Waals surface area contributed by atoms with Crippen molar-refractivity contribution in [1.82, 2.24) is 4.98 Å². The Kier molecular flexibility index (Phi) is 3.39. The van der Waals surface area contributed by atoms with E-state index in [1.807, 2.05) is 6.07 Å². The van der Waals surface area contributed by atoms with Gasteiger partial charge >= 0.3 is 5.97 Å². The van der Waals surface area contributed by atoms with E-state index in [0.29, 0.717) is 5.69 Å². The molecule has 0 aliphatic carbocycles. The summed E-state index contributed by atoms with van der Waals surface area (Å²) in [6.45, 7) is 0. The van der Waals surface area contributed by atoms with Gasteiger partial charge in [0, 0.05) is 12.4 Å². The summed E-state index contributed by atoms with van der Waals surface area (Å²) in [6, 6.07) is 6.94. The van der Waals surface area contributed by atoms with Crippen molar-refractivity contribution in [2.45, 2.75) is 0 Å². The molecule has 0 radical (unpaired) electrons. The molecule has 0 unspecified atom stereocenters. The van der Waals surface area contributed by atoms with Gasteiger partial charge in [-0.2, -0.15) is 5.26 Å². The molecule has 2 aromatic rings. The van der Waals surface area contributed by atoms with Crippen LogP contribution in [0.1, 0.15) is 15.9 Å². The van der Waals surface area contributed by atoms with Gasteiger partial charge in [-0.25, -0.2) is 9.18 Å². The lowest BCUT2D eigenvalue weighted by molar-refractivity contribution is 0.0697. The summed E-state index contributed by atoms with van der Waals surface area (Å²) in [7, 11) is 0. The number of carboxylic acids is 1. The zero-order valence-corrected chi connectivity index (χ0v) is 9.59. The molecule has 0 saturated carbocycles. The molecule has 0 amide bonds. The Hall–Kier alpha value is -2.94. The third-order valence-electron chi connectivity index (χ3n) is 2.42. The van der Waals surface area contributed by atoms with Crippen molar-refractivity contribution >= 4 is 17.3 Å². The molecule has 1 aromatic heterocycles. The third-order valence-corrected chi connectivity index (χ3v) is 2.42. The number of benzene rings is 1. The Morgan fingerprint density at radius 3 is 2.84 bits per heavy atom. The summed E-state index contributed by atoms with van der Waals surface area (Å²) in [5.74, 6) is -1.67. The molecule has 2 rings (SSSR count). The van der Waals surface area contributed by atoms with Crippen LogP contribution in [0.4, 0.5) is 15.8 Å². The zero-order valence-electron chi connectivity index (χ0n) is 9.59. The van der Waals surface area contributed by atoms with Gasteiger partial charge in [-0.1, -0.05) is 0 Å². The summed E-state index contributed by atoms with van der Waals surface area (Å²) in [5, 5.41) is 20.7. The number of nitrogens with one attached hydrogen (secondary N) is 1. The van der Waals surface area contributed by atoms with Gasteiger partial charge in [0.1, 0.15) is 17.4 Å². The van der Waals surface area contributed by atoms with Gasteiger partial charge in [-0.05, 0) is 24.3 Å². The summed E-state index contributed by atoms with van der Waals surface area (Å²) in [4.78, 5) is 14.7. The van der Waals surface area contributed by atoms with E-state index in [0.717, 1.165) is 6.07 Å². The lowest BCUT2D eigenvalue weighted by Crippen LogP contribution is -2.04. The molecule has 6 heteroatoms. The number of pyridine rings is 1. The van der Waals surface area contributed by atoms with Gasteiger partial charge in [0.25, 0.3) is 0 Å². The number of anilines is 2. The van der Waals surface area contributed by atoms with E-state index in [-0.39, 0.29) is 16.8 Å². The second kappa shape index (κ2) is 5.14. The minimum Gasteiger partial charge on any atom is -0.478 e. The molecule has 2 N–H and O–H groups in total. The van der Waals surface area contributed by atoms with Gasteiger partial charge in [0.2, 0.25) is 0 Å². The highest BCUT2D eigenvalue weighted by atomic mass is 19.1. The number of hydrogen-bond acceptors (Lipinski definition) is 4. The number of aromatic nitrogens is 1. The molecule has 1 heterocycles. The van der Waals surface area contributed by atoms with Crippen molar-refractivity contribution in [3.63, 3.8) is 0 Å². The first-order valence-corrected chi connectivity index (χ1v) is 5.26. The average molecular weight is 257 g/mol. The molecule has 94 valence electrons. The second-order valence-corrected chi connectivity index (χ2v) is 3.65. The summed E-state index contributed by atoms with van der Waals surface area (Å²) in [6.07, 6.45) is 2.62. The molecule has 5 nitrogen and oxygen atoms in total. The van der Waals surface area contributed by atoms with Crippen molar-refractivity contribution in [2.75, 3.05) is 5.32 Å². The molecule has 0 saturated heterocycles. The van der Waals surface area contributed by atoms with E-state index < -0.39 is 11.8 Å². The van der Waals surface area contributed by atoms with E-state index in [1.165, 1.54) is 30.6 Å². The molecule has 0 fully saturated rings. The molecule has 0 aliphatic heterocycles. The topological polar surface area (TPSA) is 86.0 Å². The molecule has 0 bridgehead atoms. The number of nitrogens with zero attached hydrogens (tertiary/aromatic N) is 2. The highest BCUT2D eigenvalue weighted by Crippen LogP contribution is 2.23. The lowest BCUT2D eigenvalue weighted by atomic mass is 10.1. The van der Waals surface area contributed by atoms with E-state index in [9.17, 15) is 9.18 Å². The maximum atomic E-state index is 13.0. The number of carbonyl (C=O) groups is 1. The monoisotopic (exact) mass is 257 g/mol. The second-order valence-electron chi connectivity index (χ2n) is 3.65. The van der Waals surface area contributed by atoms with Gasteiger partial charge in [0.05, 0.1) is 16.9 Å². The van der Waals surface area contributed by atoms with Crippen molar-refractivity contribution in [3.05, 3.63) is 53.6 Å². The minimum absolute atomic E-state index is 0.0317. The number of carboxylic acid groups (broad SMARTS) is 1. The smallest absolute Gasteiger partial charge is 0.339 e. The fourth-order valence-corrected chi connectivity index (χ4v) is 1.54. The first-order chi connectivity index (χ1) is 9.11. The van der Waals surface area contributed by atoms with Crippen molar-refractivity contribution in [1.29, 1.82) is 5.26 Å². The largest absolute Gasteiger partial charge is 0.478 e. The maximum absolute atomic E-state index is 13.0. The molecular weight excluding hydrogens is 249 g/mol. The van der Waals surface area contributed by atoms with Crippen LogP contribution in [-0.2, 0) is 0 Å². The van der Waals surface area contributed by atoms with Gasteiger partial charge in [-0.15, -0.1) is 0 Å². The lowest BCUT2D eigenvalue weighted by Gasteiger charge is -2.10. The van der Waals surface area contributed by atoms with Crippen molar-refractivity contribution < 1.29 is 14.3 Å². The Labute approximate surface area is 108 Å². The Morgan fingerprint density at radius 1 is 1.37 bits per heavy atom. The minimum atomic E-state index is -1.14. The highest BCUT2D eigenvalue weighted by Gasteiger charge is 2.11. The van der Waals surface area contributed by atoms with Crippen LogP contribution in [0.3, 0.4) is 0 Å². The predicted molar refractivity (Wildman–Crippen MR) is 65.6 cm³/mol. The summed E-state index contributed by atoms with van der Waals surface area (Å²) >= 11 is 0. The normalized spacial score (nSPS) is 9.68. The van der Waals surface area contributed by atoms with E-state index in [1.54, 1.807) is 0 Å². The van der Waals surface area contributed by atoms with Crippen LogP contribution >= 0.6 is 0 Å². The van der Waals surface area contributed by atoms with Crippen LogP contribution in [0, 0.1) is 17.1 Å². The number of aromatic carboxylic acids is 1. The van der Waals surface area contributed by atoms with Gasteiger partial charge < -0.3 is 10.4 Å². The molecule has 0 atom stereocenters. The SMILES string of the molecule is N#Cc1cc(F)ccc1Nc1ccncc1C(=O)O. The first-order valence-electron chi connectivity index (χ1n) is 5.26. The number of rotatable bonds is 3. The molecular formula is C13H8FN3O2. The molecule has 19 heavy (non-hydrogen) atoms. The number of halogens is 1. The van der Waals surface area contributed by atoms with E-state index >= 15 is 0 Å². The fourth-order valence-electron chi connectivity index (χ4n) is 1.54. The fraction of sp³-hybridized carbons (Fsp3) is 0. The average Bonchev–Trinajstić information content (AvgIpc) is 2.41. The van der Waals surface area contributed by atoms with Crippen molar-refractivity contribution in [3.8, 4) is 6.07 Å². The maximum Gasteiger partial charge on any atom is 0.339 e. The van der Waals surface area contributed by atoms with Crippen LogP contribution in [-0.4, -0.2) is 16.1 Å². The van der Waals surface area contributed by atoms with Gasteiger partial charge in [-0.3, -0.25) is 4.98 Å². The molecule has 1 aromatic carbocycles. The predicted octanol–water partition coefficient (Wildman–Crippen LogP) is 2.53. The highest BCUT2D eigenvalue weighted by molar-refractivity contribution is 5.94. The van der Waals surface area contributed by atoms with Crippen LogP contribution in [0.25, 0.3) is 0 Å². The standard InChI is InChI=1S/C13H8FN3O2/c14-9-1-2-11(8(5-9)6-15)17-12-3-4-16-7-10(12)13(18)19/h1-5,7H,(H,16,17)(H,18,19). The quantitative estimate of drug-likeness (QED) is 0.882. The Morgan fingerprint density at radius 2 is 2.16 bits per heavy atom. The Balaban J connectivity index is 2.43. The molecule has 0 aliphatic rings. The van der Waals surface area contributed by atoms with Crippen LogP contribution in [0.15, 0.2) is 36.7 Å².